The molecule has 0 rings (SSSR count). The average Bonchev–Trinajstić information content (AvgIpc) is 2.23. The zero-order valence-corrected chi connectivity index (χ0v) is 12.2. The second kappa shape index (κ2) is 9.59. The summed E-state index contributed by atoms with van der Waals surface area (Å²) in [5, 5.41) is 6.11. The van der Waals surface area contributed by atoms with Gasteiger partial charge in [0.05, 0.1) is 6.54 Å². The number of amides is 1. The van der Waals surface area contributed by atoms with Crippen molar-refractivity contribution < 1.29 is 9.00 Å². The smallest absolute Gasteiger partial charge is 0.233 e. The molecule has 0 aliphatic carbocycles. The molecule has 0 fully saturated rings. The van der Waals surface area contributed by atoms with Crippen LogP contribution in [-0.2, 0) is 15.6 Å². The molecule has 0 aromatic heterocycles. The van der Waals surface area contributed by atoms with Crippen LogP contribution >= 0.6 is 0 Å². The molecule has 0 saturated heterocycles. The van der Waals surface area contributed by atoms with Crippen molar-refractivity contribution in [2.24, 2.45) is 5.92 Å². The molecule has 0 aliphatic rings. The third kappa shape index (κ3) is 10.5. The van der Waals surface area contributed by atoms with Crippen molar-refractivity contribution in [2.45, 2.75) is 38.9 Å². The van der Waals surface area contributed by atoms with Crippen molar-refractivity contribution in [1.82, 2.24) is 10.6 Å². The first-order valence-electron chi connectivity index (χ1n) is 6.23. The summed E-state index contributed by atoms with van der Waals surface area (Å²) in [4.78, 5) is 11.4. The van der Waals surface area contributed by atoms with E-state index in [2.05, 4.69) is 24.5 Å². The van der Waals surface area contributed by atoms with Crippen LogP contribution in [0.15, 0.2) is 0 Å². The summed E-state index contributed by atoms with van der Waals surface area (Å²) in [6, 6.07) is 0. The summed E-state index contributed by atoms with van der Waals surface area (Å²) in [5.74, 6) is 0.652. The van der Waals surface area contributed by atoms with Crippen LogP contribution in [0.3, 0.4) is 0 Å². The van der Waals surface area contributed by atoms with Crippen molar-refractivity contribution in [3.05, 3.63) is 0 Å². The molecule has 102 valence electrons. The van der Waals surface area contributed by atoms with Gasteiger partial charge in [0.25, 0.3) is 0 Å². The van der Waals surface area contributed by atoms with Crippen molar-refractivity contribution in [3.8, 4) is 0 Å². The van der Waals surface area contributed by atoms with Crippen molar-refractivity contribution in [1.29, 1.82) is 0 Å². The zero-order valence-electron chi connectivity index (χ0n) is 11.4. The molecule has 0 aromatic rings. The molecule has 0 aromatic carbocycles. The number of nitrogens with one attached hydrogen (secondary N) is 2. The van der Waals surface area contributed by atoms with E-state index in [1.54, 1.807) is 6.26 Å². The highest BCUT2D eigenvalue weighted by atomic mass is 32.2. The number of carbonyl (C=O) groups is 1. The van der Waals surface area contributed by atoms with Crippen LogP contribution in [0.25, 0.3) is 0 Å². The Bertz CT molecular complexity index is 245. The van der Waals surface area contributed by atoms with E-state index in [0.717, 1.165) is 25.9 Å². The van der Waals surface area contributed by atoms with Gasteiger partial charge in [0, 0.05) is 28.9 Å². The second-order valence-corrected chi connectivity index (χ2v) is 6.61. The van der Waals surface area contributed by atoms with E-state index in [9.17, 15) is 9.00 Å². The quantitative estimate of drug-likeness (QED) is 0.607. The summed E-state index contributed by atoms with van der Waals surface area (Å²) in [6.45, 7) is 8.06. The van der Waals surface area contributed by atoms with Gasteiger partial charge in [-0.15, -0.1) is 0 Å². The molecule has 0 spiro atoms. The minimum absolute atomic E-state index is 0.0379. The van der Waals surface area contributed by atoms with Crippen LogP contribution < -0.4 is 10.6 Å². The van der Waals surface area contributed by atoms with Gasteiger partial charge in [0.1, 0.15) is 0 Å². The Morgan fingerprint density at radius 1 is 1.18 bits per heavy atom. The maximum absolute atomic E-state index is 11.4. The Morgan fingerprint density at radius 2 is 1.82 bits per heavy atom. The first-order chi connectivity index (χ1) is 7.93. The predicted molar refractivity (Wildman–Crippen MR) is 73.5 cm³/mol. The molecule has 2 unspecified atom stereocenters. The maximum Gasteiger partial charge on any atom is 0.233 e. The molecule has 0 bridgehead atoms. The average molecular weight is 262 g/mol. The molecule has 0 heterocycles. The lowest BCUT2D eigenvalue weighted by Crippen LogP contribution is -2.35. The lowest BCUT2D eigenvalue weighted by molar-refractivity contribution is -0.120. The molecule has 0 saturated carbocycles. The van der Waals surface area contributed by atoms with Gasteiger partial charge < -0.3 is 10.6 Å². The molecule has 0 radical (unpaired) electrons. The summed E-state index contributed by atoms with van der Waals surface area (Å²) >= 11 is 0. The van der Waals surface area contributed by atoms with Crippen molar-refractivity contribution >= 4 is 16.7 Å². The molecule has 4 nitrogen and oxygen atoms in total. The summed E-state index contributed by atoms with van der Waals surface area (Å²) < 4.78 is 11.1. The Labute approximate surface area is 107 Å². The van der Waals surface area contributed by atoms with E-state index in [1.807, 2.05) is 6.92 Å². The summed E-state index contributed by atoms with van der Waals surface area (Å²) in [5.41, 5.74) is 0. The molecule has 0 aliphatic heterocycles. The lowest BCUT2D eigenvalue weighted by atomic mass is 10.1. The Morgan fingerprint density at radius 3 is 2.35 bits per heavy atom. The fourth-order valence-electron chi connectivity index (χ4n) is 1.24. The summed E-state index contributed by atoms with van der Waals surface area (Å²) in [7, 11) is -0.775. The Hall–Kier alpha value is -0.420. The van der Waals surface area contributed by atoms with E-state index in [1.165, 1.54) is 0 Å². The molecular weight excluding hydrogens is 236 g/mol. The SMILES string of the molecule is CC(C)CCNC(=O)CNCCC(C)S(C)=O. The van der Waals surface area contributed by atoms with Gasteiger partial charge in [-0.05, 0) is 25.3 Å². The standard InChI is InChI=1S/C12H26N2O2S/c1-10(2)5-8-14-12(15)9-13-7-6-11(3)17(4)16/h10-11,13H,5-9H2,1-4H3,(H,14,15). The minimum atomic E-state index is -0.775. The van der Waals surface area contributed by atoms with Crippen LogP contribution in [0.2, 0.25) is 0 Å². The highest BCUT2D eigenvalue weighted by Crippen LogP contribution is 1.97. The number of carbonyl (C=O) groups excluding carboxylic acids is 1. The first kappa shape index (κ1) is 16.6. The van der Waals surface area contributed by atoms with Crippen molar-refractivity contribution in [2.75, 3.05) is 25.9 Å². The highest BCUT2D eigenvalue weighted by molar-refractivity contribution is 7.84. The van der Waals surface area contributed by atoms with Gasteiger partial charge >= 0.3 is 0 Å². The molecular formula is C12H26N2O2S. The van der Waals surface area contributed by atoms with Crippen molar-refractivity contribution in [3.63, 3.8) is 0 Å². The summed E-state index contributed by atoms with van der Waals surface area (Å²) in [6.07, 6.45) is 3.56. The highest BCUT2D eigenvalue weighted by Gasteiger charge is 2.06. The normalized spacial score (nSPS) is 14.6. The third-order valence-electron chi connectivity index (χ3n) is 2.62. The Balaban J connectivity index is 3.42. The Kier molecular flexibility index (Phi) is 9.36. The first-order valence-corrected chi connectivity index (χ1v) is 7.85. The number of hydrogen-bond acceptors (Lipinski definition) is 3. The van der Waals surface area contributed by atoms with E-state index in [4.69, 9.17) is 0 Å². The molecule has 1 amide bonds. The van der Waals surface area contributed by atoms with Crippen LogP contribution in [0, 0.1) is 5.92 Å². The van der Waals surface area contributed by atoms with Gasteiger partial charge in [-0.2, -0.15) is 0 Å². The molecule has 17 heavy (non-hydrogen) atoms. The van der Waals surface area contributed by atoms with Crippen LogP contribution in [0.4, 0.5) is 0 Å². The van der Waals surface area contributed by atoms with Crippen LogP contribution in [-0.4, -0.2) is 41.3 Å². The molecule has 5 heteroatoms. The van der Waals surface area contributed by atoms with Gasteiger partial charge in [0.2, 0.25) is 5.91 Å². The minimum Gasteiger partial charge on any atom is -0.355 e. The third-order valence-corrected chi connectivity index (χ3v) is 3.99. The lowest BCUT2D eigenvalue weighted by Gasteiger charge is -2.10. The van der Waals surface area contributed by atoms with E-state index >= 15 is 0 Å². The van der Waals surface area contributed by atoms with Gasteiger partial charge in [0.15, 0.2) is 0 Å². The van der Waals surface area contributed by atoms with E-state index in [-0.39, 0.29) is 11.2 Å². The van der Waals surface area contributed by atoms with Crippen LogP contribution in [0.5, 0.6) is 0 Å². The zero-order chi connectivity index (χ0) is 13.3. The fraction of sp³-hybridized carbons (Fsp3) is 0.917. The van der Waals surface area contributed by atoms with E-state index < -0.39 is 10.8 Å². The second-order valence-electron chi connectivity index (χ2n) is 4.81. The topological polar surface area (TPSA) is 58.2 Å². The molecule has 2 N–H and O–H groups in total. The maximum atomic E-state index is 11.4. The van der Waals surface area contributed by atoms with Gasteiger partial charge in [-0.25, -0.2) is 0 Å². The number of rotatable bonds is 9. The largest absolute Gasteiger partial charge is 0.355 e. The molecule has 2 atom stereocenters. The number of hydrogen-bond donors (Lipinski definition) is 2. The van der Waals surface area contributed by atoms with Gasteiger partial charge in [-0.1, -0.05) is 20.8 Å². The van der Waals surface area contributed by atoms with Gasteiger partial charge in [-0.3, -0.25) is 9.00 Å². The predicted octanol–water partition coefficient (Wildman–Crippen LogP) is 0.895. The monoisotopic (exact) mass is 262 g/mol. The van der Waals surface area contributed by atoms with E-state index in [0.29, 0.717) is 12.5 Å². The van der Waals surface area contributed by atoms with Crippen LogP contribution in [0.1, 0.15) is 33.6 Å². The fourth-order valence-corrected chi connectivity index (χ4v) is 1.69.